The summed E-state index contributed by atoms with van der Waals surface area (Å²) >= 11 is 0. The minimum Gasteiger partial charge on any atom is -0.497 e. The molecule has 0 saturated heterocycles. The third kappa shape index (κ3) is 4.33. The molecule has 5 nitrogen and oxygen atoms in total. The van der Waals surface area contributed by atoms with Gasteiger partial charge in [-0.1, -0.05) is 37.8 Å². The molecule has 1 aromatic rings. The number of carbonyl (C=O) groups is 2. The average molecular weight is 344 g/mol. The van der Waals surface area contributed by atoms with E-state index in [9.17, 15) is 9.59 Å². The standard InChI is InChI=1S/C20H28N2O3/c1-25-17-10-8-15(9-11-17)14-21-18(23)20(12-13-20)19(24)22-16-6-4-2-3-5-7-16/h8-11,16H,2-7,12-14H2,1H3,(H,21,23)(H,22,24). The van der Waals surface area contributed by atoms with Crippen molar-refractivity contribution in [3.05, 3.63) is 29.8 Å². The normalized spacial score (nSPS) is 19.6. The number of methoxy groups -OCH3 is 1. The minimum atomic E-state index is -0.835. The van der Waals surface area contributed by atoms with Crippen molar-refractivity contribution in [2.24, 2.45) is 5.41 Å². The lowest BCUT2D eigenvalue weighted by Gasteiger charge is -2.21. The molecule has 2 aliphatic rings. The van der Waals surface area contributed by atoms with Crippen LogP contribution < -0.4 is 15.4 Å². The van der Waals surface area contributed by atoms with E-state index in [4.69, 9.17) is 4.74 Å². The molecule has 0 heterocycles. The van der Waals surface area contributed by atoms with Gasteiger partial charge in [-0.25, -0.2) is 0 Å². The van der Waals surface area contributed by atoms with Crippen LogP contribution in [0.1, 0.15) is 56.9 Å². The van der Waals surface area contributed by atoms with Crippen LogP contribution in [0.5, 0.6) is 5.75 Å². The Morgan fingerprint density at radius 3 is 2.24 bits per heavy atom. The topological polar surface area (TPSA) is 67.4 Å². The summed E-state index contributed by atoms with van der Waals surface area (Å²) in [6, 6.07) is 7.82. The average Bonchev–Trinajstić information content (AvgIpc) is 3.45. The van der Waals surface area contributed by atoms with Crippen LogP contribution in [0.3, 0.4) is 0 Å². The number of carbonyl (C=O) groups excluding carboxylic acids is 2. The summed E-state index contributed by atoms with van der Waals surface area (Å²) in [4.78, 5) is 25.2. The maximum absolute atomic E-state index is 12.7. The highest BCUT2D eigenvalue weighted by Gasteiger charge is 2.56. The van der Waals surface area contributed by atoms with E-state index in [1.807, 2.05) is 24.3 Å². The van der Waals surface area contributed by atoms with E-state index in [0.29, 0.717) is 19.4 Å². The molecule has 0 aliphatic heterocycles. The van der Waals surface area contributed by atoms with Crippen molar-refractivity contribution in [3.8, 4) is 5.75 Å². The van der Waals surface area contributed by atoms with E-state index < -0.39 is 5.41 Å². The van der Waals surface area contributed by atoms with E-state index in [2.05, 4.69) is 10.6 Å². The molecule has 0 spiro atoms. The van der Waals surface area contributed by atoms with Crippen LogP contribution in [0.25, 0.3) is 0 Å². The van der Waals surface area contributed by atoms with Crippen molar-refractivity contribution in [2.75, 3.05) is 7.11 Å². The van der Waals surface area contributed by atoms with Gasteiger partial charge in [0.2, 0.25) is 11.8 Å². The predicted octanol–water partition coefficient (Wildman–Crippen LogP) is 2.93. The molecule has 25 heavy (non-hydrogen) atoms. The van der Waals surface area contributed by atoms with Gasteiger partial charge >= 0.3 is 0 Å². The van der Waals surface area contributed by atoms with Gasteiger partial charge in [0.15, 0.2) is 0 Å². The third-order valence-electron chi connectivity index (χ3n) is 5.42. The Kier molecular flexibility index (Phi) is 5.61. The van der Waals surface area contributed by atoms with Crippen LogP contribution in [0.4, 0.5) is 0 Å². The van der Waals surface area contributed by atoms with Crippen LogP contribution >= 0.6 is 0 Å². The number of ether oxygens (including phenoxy) is 1. The molecule has 2 aliphatic carbocycles. The highest BCUT2D eigenvalue weighted by atomic mass is 16.5. The molecule has 1 aromatic carbocycles. The molecule has 0 aromatic heterocycles. The van der Waals surface area contributed by atoms with Crippen LogP contribution in [-0.2, 0) is 16.1 Å². The van der Waals surface area contributed by atoms with E-state index in [-0.39, 0.29) is 17.9 Å². The molecule has 136 valence electrons. The van der Waals surface area contributed by atoms with Gasteiger partial charge in [-0.3, -0.25) is 9.59 Å². The lowest BCUT2D eigenvalue weighted by atomic mass is 10.0. The molecule has 2 N–H and O–H groups in total. The van der Waals surface area contributed by atoms with E-state index in [1.54, 1.807) is 7.11 Å². The van der Waals surface area contributed by atoms with Crippen molar-refractivity contribution in [2.45, 2.75) is 64.0 Å². The van der Waals surface area contributed by atoms with Gasteiger partial charge in [0.1, 0.15) is 11.2 Å². The summed E-state index contributed by atoms with van der Waals surface area (Å²) in [7, 11) is 1.63. The molecule has 0 bridgehead atoms. The lowest BCUT2D eigenvalue weighted by Crippen LogP contribution is -2.46. The van der Waals surface area contributed by atoms with Crippen molar-refractivity contribution in [3.63, 3.8) is 0 Å². The Labute approximate surface area is 149 Å². The van der Waals surface area contributed by atoms with Gasteiger partial charge < -0.3 is 15.4 Å². The predicted molar refractivity (Wildman–Crippen MR) is 96.1 cm³/mol. The molecule has 0 atom stereocenters. The van der Waals surface area contributed by atoms with Gasteiger partial charge in [0, 0.05) is 12.6 Å². The van der Waals surface area contributed by atoms with Gasteiger partial charge in [0.25, 0.3) is 0 Å². The summed E-state index contributed by atoms with van der Waals surface area (Å²) in [5.74, 6) is 0.567. The summed E-state index contributed by atoms with van der Waals surface area (Å²) in [6.45, 7) is 0.432. The van der Waals surface area contributed by atoms with Crippen LogP contribution in [0, 0.1) is 5.41 Å². The molecule has 0 unspecified atom stereocenters. The highest BCUT2D eigenvalue weighted by molar-refractivity contribution is 6.07. The fourth-order valence-electron chi connectivity index (χ4n) is 3.52. The number of benzene rings is 1. The molecular weight excluding hydrogens is 316 g/mol. The number of rotatable bonds is 6. The maximum atomic E-state index is 12.7. The highest BCUT2D eigenvalue weighted by Crippen LogP contribution is 2.46. The number of nitrogens with one attached hydrogen (secondary N) is 2. The number of hydrogen-bond acceptors (Lipinski definition) is 3. The minimum absolute atomic E-state index is 0.0772. The number of amides is 2. The molecular formula is C20H28N2O3. The Balaban J connectivity index is 1.52. The van der Waals surface area contributed by atoms with Crippen molar-refractivity contribution >= 4 is 11.8 Å². The number of hydrogen-bond donors (Lipinski definition) is 2. The first-order valence-corrected chi connectivity index (χ1v) is 9.36. The quantitative estimate of drug-likeness (QED) is 0.616. The molecule has 2 amide bonds. The second-order valence-corrected chi connectivity index (χ2v) is 7.27. The largest absolute Gasteiger partial charge is 0.497 e. The fourth-order valence-corrected chi connectivity index (χ4v) is 3.52. The Morgan fingerprint density at radius 1 is 1.04 bits per heavy atom. The van der Waals surface area contributed by atoms with Gasteiger partial charge in [-0.05, 0) is 43.4 Å². The third-order valence-corrected chi connectivity index (χ3v) is 5.42. The first-order valence-electron chi connectivity index (χ1n) is 9.36. The molecule has 3 rings (SSSR count). The zero-order valence-electron chi connectivity index (χ0n) is 15.0. The van der Waals surface area contributed by atoms with E-state index in [1.165, 1.54) is 25.7 Å². The Bertz CT molecular complexity index is 600. The summed E-state index contributed by atoms with van der Waals surface area (Å²) < 4.78 is 5.13. The van der Waals surface area contributed by atoms with Gasteiger partial charge in [-0.2, -0.15) is 0 Å². The molecule has 2 saturated carbocycles. The molecule has 2 fully saturated rings. The van der Waals surface area contributed by atoms with E-state index >= 15 is 0 Å². The maximum Gasteiger partial charge on any atom is 0.235 e. The van der Waals surface area contributed by atoms with Gasteiger partial charge in [0.05, 0.1) is 7.11 Å². The summed E-state index contributed by atoms with van der Waals surface area (Å²) in [5, 5.41) is 6.07. The monoisotopic (exact) mass is 344 g/mol. The zero-order valence-corrected chi connectivity index (χ0v) is 15.0. The molecule has 0 radical (unpaired) electrons. The van der Waals surface area contributed by atoms with E-state index in [0.717, 1.165) is 24.2 Å². The Hall–Kier alpha value is -2.04. The first kappa shape index (κ1) is 17.8. The fraction of sp³-hybridized carbons (Fsp3) is 0.600. The first-order chi connectivity index (χ1) is 12.1. The summed E-state index contributed by atoms with van der Waals surface area (Å²) in [6.07, 6.45) is 8.22. The van der Waals surface area contributed by atoms with Crippen LogP contribution in [0.15, 0.2) is 24.3 Å². The van der Waals surface area contributed by atoms with Crippen molar-refractivity contribution in [1.82, 2.24) is 10.6 Å². The SMILES string of the molecule is COc1ccc(CNC(=O)C2(C(=O)NC3CCCCCC3)CC2)cc1. The summed E-state index contributed by atoms with van der Waals surface area (Å²) in [5.41, 5.74) is 0.160. The zero-order chi connectivity index (χ0) is 17.7. The second kappa shape index (κ2) is 7.89. The van der Waals surface area contributed by atoms with Crippen LogP contribution in [0.2, 0.25) is 0 Å². The molecule has 5 heteroatoms. The lowest BCUT2D eigenvalue weighted by molar-refractivity contribution is -0.137. The van der Waals surface area contributed by atoms with Crippen molar-refractivity contribution < 1.29 is 14.3 Å². The Morgan fingerprint density at radius 2 is 1.68 bits per heavy atom. The van der Waals surface area contributed by atoms with Gasteiger partial charge in [-0.15, -0.1) is 0 Å². The van der Waals surface area contributed by atoms with Crippen molar-refractivity contribution in [1.29, 1.82) is 0 Å². The second-order valence-electron chi connectivity index (χ2n) is 7.27. The smallest absolute Gasteiger partial charge is 0.235 e. The van der Waals surface area contributed by atoms with Crippen LogP contribution in [-0.4, -0.2) is 25.0 Å².